The standard InChI is InChI=1S/C26H31N3O3/c1-2-3-17-27-25(32)26(15-9-4-10-16-26)28-23(30)18-29-21-13-7-5-11-19(21)24(31)20-12-6-8-14-22(20)29/h5-8,11-14H,2-4,9-10,15-18H2,1H3,(H,27,32)(H,28,30). The molecule has 1 aliphatic rings. The minimum Gasteiger partial charge on any atom is -0.354 e. The van der Waals surface area contributed by atoms with E-state index in [0.29, 0.717) is 30.2 Å². The third kappa shape index (κ3) is 4.27. The van der Waals surface area contributed by atoms with Crippen LogP contribution in [0.4, 0.5) is 0 Å². The van der Waals surface area contributed by atoms with Crippen LogP contribution in [0, 0.1) is 0 Å². The maximum Gasteiger partial charge on any atom is 0.245 e. The summed E-state index contributed by atoms with van der Waals surface area (Å²) in [6, 6.07) is 14.7. The fourth-order valence-electron chi connectivity index (χ4n) is 4.81. The maximum absolute atomic E-state index is 13.3. The molecule has 1 heterocycles. The number of unbranched alkanes of at least 4 members (excludes halogenated alkanes) is 1. The highest BCUT2D eigenvalue weighted by Crippen LogP contribution is 2.29. The first-order chi connectivity index (χ1) is 15.6. The normalized spacial score (nSPS) is 15.5. The second-order valence-electron chi connectivity index (χ2n) is 8.75. The van der Waals surface area contributed by atoms with Crippen molar-refractivity contribution in [3.05, 3.63) is 58.8 Å². The molecule has 0 aliphatic heterocycles. The molecule has 1 aliphatic carbocycles. The Labute approximate surface area is 188 Å². The van der Waals surface area contributed by atoms with Gasteiger partial charge in [-0.05, 0) is 43.5 Å². The average molecular weight is 434 g/mol. The Kier molecular flexibility index (Phi) is 6.58. The van der Waals surface area contributed by atoms with Crippen LogP contribution in [0.2, 0.25) is 0 Å². The largest absolute Gasteiger partial charge is 0.354 e. The lowest BCUT2D eigenvalue weighted by molar-refractivity contribution is -0.135. The summed E-state index contributed by atoms with van der Waals surface area (Å²) < 4.78 is 1.88. The van der Waals surface area contributed by atoms with Gasteiger partial charge in [-0.1, -0.05) is 56.9 Å². The van der Waals surface area contributed by atoms with Crippen LogP contribution in [0.15, 0.2) is 53.3 Å². The van der Waals surface area contributed by atoms with E-state index in [-0.39, 0.29) is 23.8 Å². The number of carbonyl (C=O) groups excluding carboxylic acids is 2. The van der Waals surface area contributed by atoms with Crippen LogP contribution in [-0.2, 0) is 16.1 Å². The van der Waals surface area contributed by atoms with E-state index in [1.807, 2.05) is 41.0 Å². The Hall–Kier alpha value is -3.15. The molecule has 4 rings (SSSR count). The van der Waals surface area contributed by atoms with Crippen LogP contribution in [0.3, 0.4) is 0 Å². The fourth-order valence-corrected chi connectivity index (χ4v) is 4.81. The van der Waals surface area contributed by atoms with Crippen molar-refractivity contribution in [3.8, 4) is 0 Å². The number of hydrogen-bond acceptors (Lipinski definition) is 3. The summed E-state index contributed by atoms with van der Waals surface area (Å²) in [6.07, 6.45) is 6.16. The predicted molar refractivity (Wildman–Crippen MR) is 128 cm³/mol. The predicted octanol–water partition coefficient (Wildman–Crippen LogP) is 3.89. The Morgan fingerprint density at radius 3 is 2.12 bits per heavy atom. The number of nitrogens with one attached hydrogen (secondary N) is 2. The summed E-state index contributed by atoms with van der Waals surface area (Å²) in [5, 5.41) is 7.30. The molecule has 1 fully saturated rings. The molecular formula is C26H31N3O3. The van der Waals surface area contributed by atoms with Gasteiger partial charge in [-0.2, -0.15) is 0 Å². The van der Waals surface area contributed by atoms with Crippen LogP contribution >= 0.6 is 0 Å². The quantitative estimate of drug-likeness (QED) is 0.438. The lowest BCUT2D eigenvalue weighted by Gasteiger charge is -2.36. The van der Waals surface area contributed by atoms with Crippen molar-refractivity contribution < 1.29 is 9.59 Å². The minimum absolute atomic E-state index is 0.0353. The summed E-state index contributed by atoms with van der Waals surface area (Å²) in [7, 11) is 0. The van der Waals surface area contributed by atoms with Gasteiger partial charge in [-0.25, -0.2) is 0 Å². The van der Waals surface area contributed by atoms with E-state index in [9.17, 15) is 14.4 Å². The van der Waals surface area contributed by atoms with Crippen molar-refractivity contribution in [3.63, 3.8) is 0 Å². The molecule has 0 spiro atoms. The van der Waals surface area contributed by atoms with Crippen LogP contribution in [0.5, 0.6) is 0 Å². The lowest BCUT2D eigenvalue weighted by Crippen LogP contribution is -2.60. The number of nitrogens with zero attached hydrogens (tertiary/aromatic N) is 1. The molecule has 0 saturated heterocycles. The van der Waals surface area contributed by atoms with Gasteiger partial charge in [0.25, 0.3) is 0 Å². The van der Waals surface area contributed by atoms with Gasteiger partial charge in [0.1, 0.15) is 12.1 Å². The fraction of sp³-hybridized carbons (Fsp3) is 0.423. The van der Waals surface area contributed by atoms with Gasteiger partial charge >= 0.3 is 0 Å². The Balaban J connectivity index is 1.66. The summed E-state index contributed by atoms with van der Waals surface area (Å²) in [5.41, 5.74) is 0.549. The molecular weight excluding hydrogens is 402 g/mol. The number of rotatable bonds is 7. The molecule has 0 bridgehead atoms. The second kappa shape index (κ2) is 9.55. The van der Waals surface area contributed by atoms with Crippen molar-refractivity contribution >= 4 is 33.6 Å². The van der Waals surface area contributed by atoms with Gasteiger partial charge in [0, 0.05) is 17.3 Å². The third-order valence-electron chi connectivity index (χ3n) is 6.52. The highest BCUT2D eigenvalue weighted by Gasteiger charge is 2.40. The number of para-hydroxylation sites is 2. The van der Waals surface area contributed by atoms with Crippen LogP contribution < -0.4 is 16.1 Å². The zero-order chi connectivity index (χ0) is 22.6. The third-order valence-corrected chi connectivity index (χ3v) is 6.52. The summed E-state index contributed by atoms with van der Waals surface area (Å²) in [4.78, 5) is 39.3. The van der Waals surface area contributed by atoms with Crippen LogP contribution in [-0.4, -0.2) is 28.5 Å². The zero-order valence-corrected chi connectivity index (χ0v) is 18.7. The number of pyridine rings is 1. The molecule has 3 aromatic rings. The van der Waals surface area contributed by atoms with Gasteiger partial charge in [-0.3, -0.25) is 14.4 Å². The maximum atomic E-state index is 13.3. The zero-order valence-electron chi connectivity index (χ0n) is 18.7. The van der Waals surface area contributed by atoms with Crippen molar-refractivity contribution in [2.75, 3.05) is 6.54 Å². The van der Waals surface area contributed by atoms with Crippen LogP contribution in [0.1, 0.15) is 51.9 Å². The van der Waals surface area contributed by atoms with Crippen molar-refractivity contribution in [1.82, 2.24) is 15.2 Å². The average Bonchev–Trinajstić information content (AvgIpc) is 2.82. The first kappa shape index (κ1) is 22.1. The molecule has 168 valence electrons. The van der Waals surface area contributed by atoms with E-state index in [0.717, 1.165) is 43.1 Å². The molecule has 32 heavy (non-hydrogen) atoms. The van der Waals surface area contributed by atoms with Gasteiger partial charge in [-0.15, -0.1) is 0 Å². The van der Waals surface area contributed by atoms with E-state index in [2.05, 4.69) is 17.6 Å². The summed E-state index contributed by atoms with van der Waals surface area (Å²) in [5.74, 6) is -0.287. The summed E-state index contributed by atoms with van der Waals surface area (Å²) >= 11 is 0. The van der Waals surface area contributed by atoms with Crippen molar-refractivity contribution in [2.45, 2.75) is 64.0 Å². The molecule has 0 unspecified atom stereocenters. The number of hydrogen-bond donors (Lipinski definition) is 2. The highest BCUT2D eigenvalue weighted by atomic mass is 16.2. The van der Waals surface area contributed by atoms with Gasteiger partial charge in [0.05, 0.1) is 11.0 Å². The molecule has 0 radical (unpaired) electrons. The minimum atomic E-state index is -0.853. The molecule has 0 atom stereocenters. The Bertz CT molecular complexity index is 1130. The lowest BCUT2D eigenvalue weighted by atomic mass is 9.80. The first-order valence-electron chi connectivity index (χ1n) is 11.7. The molecule has 6 heteroatoms. The number of carbonyl (C=O) groups is 2. The monoisotopic (exact) mass is 433 g/mol. The van der Waals surface area contributed by atoms with E-state index < -0.39 is 5.54 Å². The van der Waals surface area contributed by atoms with E-state index in [1.165, 1.54) is 0 Å². The Morgan fingerprint density at radius 1 is 0.938 bits per heavy atom. The van der Waals surface area contributed by atoms with Crippen molar-refractivity contribution in [2.24, 2.45) is 0 Å². The van der Waals surface area contributed by atoms with Crippen molar-refractivity contribution in [1.29, 1.82) is 0 Å². The van der Waals surface area contributed by atoms with E-state index in [4.69, 9.17) is 0 Å². The molecule has 6 nitrogen and oxygen atoms in total. The van der Waals surface area contributed by atoms with Gasteiger partial charge in [0.15, 0.2) is 5.43 Å². The molecule has 2 aromatic carbocycles. The topological polar surface area (TPSA) is 80.2 Å². The van der Waals surface area contributed by atoms with Crippen LogP contribution in [0.25, 0.3) is 21.8 Å². The van der Waals surface area contributed by atoms with Gasteiger partial charge < -0.3 is 15.2 Å². The smallest absolute Gasteiger partial charge is 0.245 e. The molecule has 1 aromatic heterocycles. The molecule has 1 saturated carbocycles. The van der Waals surface area contributed by atoms with E-state index >= 15 is 0 Å². The number of fused-ring (bicyclic) bond motifs is 2. The second-order valence-corrected chi connectivity index (χ2v) is 8.75. The highest BCUT2D eigenvalue weighted by molar-refractivity contribution is 5.96. The Morgan fingerprint density at radius 2 is 1.53 bits per heavy atom. The SMILES string of the molecule is CCCCNC(=O)C1(NC(=O)Cn2c3ccccc3c(=O)c3ccccc32)CCCCC1. The summed E-state index contributed by atoms with van der Waals surface area (Å²) in [6.45, 7) is 2.76. The first-order valence-corrected chi connectivity index (χ1v) is 11.7. The number of benzene rings is 2. The number of aromatic nitrogens is 1. The van der Waals surface area contributed by atoms with E-state index in [1.54, 1.807) is 12.1 Å². The number of amides is 2. The molecule has 2 amide bonds. The molecule has 2 N–H and O–H groups in total. The van der Waals surface area contributed by atoms with Gasteiger partial charge in [0.2, 0.25) is 11.8 Å².